The standard InChI is InChI=1S/C17H20N4O5/c1-24-12-4-3-11(9-13(12)25-2)5-6-19-14(22)10-26-17(23)15-16(18)21-8-7-20-15/h3-4,7-9H,5-6,10H2,1-2H3,(H2,18,21)(H,19,22). The summed E-state index contributed by atoms with van der Waals surface area (Å²) in [5, 5.41) is 2.66. The predicted molar refractivity (Wildman–Crippen MR) is 93.0 cm³/mol. The third-order valence-electron chi connectivity index (χ3n) is 3.44. The minimum absolute atomic E-state index is 0.0497. The molecule has 0 bridgehead atoms. The first-order chi connectivity index (χ1) is 12.5. The van der Waals surface area contributed by atoms with Gasteiger partial charge in [0.1, 0.15) is 0 Å². The number of carbonyl (C=O) groups excluding carboxylic acids is 2. The van der Waals surface area contributed by atoms with Crippen LogP contribution in [0.5, 0.6) is 11.5 Å². The van der Waals surface area contributed by atoms with E-state index in [4.69, 9.17) is 19.9 Å². The molecule has 0 aliphatic heterocycles. The minimum Gasteiger partial charge on any atom is -0.493 e. The Morgan fingerprint density at radius 2 is 1.85 bits per heavy atom. The number of benzene rings is 1. The molecular weight excluding hydrogens is 340 g/mol. The van der Waals surface area contributed by atoms with Gasteiger partial charge in [0.2, 0.25) is 0 Å². The fraction of sp³-hybridized carbons (Fsp3) is 0.294. The maximum absolute atomic E-state index is 11.8. The lowest BCUT2D eigenvalue weighted by Gasteiger charge is -2.10. The lowest BCUT2D eigenvalue weighted by atomic mass is 10.1. The number of anilines is 1. The highest BCUT2D eigenvalue weighted by atomic mass is 16.5. The van der Waals surface area contributed by atoms with Gasteiger partial charge in [-0.05, 0) is 24.1 Å². The van der Waals surface area contributed by atoms with E-state index < -0.39 is 18.5 Å². The number of carbonyl (C=O) groups is 2. The summed E-state index contributed by atoms with van der Waals surface area (Å²) >= 11 is 0. The fourth-order valence-corrected chi connectivity index (χ4v) is 2.14. The summed E-state index contributed by atoms with van der Waals surface area (Å²) in [6.07, 6.45) is 3.25. The molecule has 0 radical (unpaired) electrons. The summed E-state index contributed by atoms with van der Waals surface area (Å²) in [4.78, 5) is 31.1. The number of nitrogens with two attached hydrogens (primary N) is 1. The van der Waals surface area contributed by atoms with Crippen LogP contribution in [-0.2, 0) is 16.0 Å². The molecule has 2 aromatic rings. The van der Waals surface area contributed by atoms with Crippen molar-refractivity contribution >= 4 is 17.7 Å². The Hall–Kier alpha value is -3.36. The van der Waals surface area contributed by atoms with E-state index in [2.05, 4.69) is 15.3 Å². The lowest BCUT2D eigenvalue weighted by Crippen LogP contribution is -2.30. The van der Waals surface area contributed by atoms with Gasteiger partial charge in [-0.15, -0.1) is 0 Å². The Kier molecular flexibility index (Phi) is 6.72. The molecule has 0 unspecified atom stereocenters. The molecule has 9 heteroatoms. The molecule has 138 valence electrons. The highest BCUT2D eigenvalue weighted by Gasteiger charge is 2.15. The maximum Gasteiger partial charge on any atom is 0.361 e. The number of ether oxygens (including phenoxy) is 3. The van der Waals surface area contributed by atoms with Crippen LogP contribution in [-0.4, -0.2) is 49.2 Å². The lowest BCUT2D eigenvalue weighted by molar-refractivity contribution is -0.124. The second kappa shape index (κ2) is 9.21. The predicted octanol–water partition coefficient (Wildman–Crippen LogP) is 0.592. The van der Waals surface area contributed by atoms with Crippen LogP contribution >= 0.6 is 0 Å². The Labute approximate surface area is 150 Å². The topological polar surface area (TPSA) is 126 Å². The van der Waals surface area contributed by atoms with Gasteiger partial charge in [0.15, 0.2) is 29.6 Å². The summed E-state index contributed by atoms with van der Waals surface area (Å²) in [6.45, 7) is -0.0556. The minimum atomic E-state index is -0.800. The van der Waals surface area contributed by atoms with Crippen LogP contribution in [0.15, 0.2) is 30.6 Å². The van der Waals surface area contributed by atoms with Gasteiger partial charge < -0.3 is 25.3 Å². The molecule has 26 heavy (non-hydrogen) atoms. The van der Waals surface area contributed by atoms with Crippen molar-refractivity contribution in [1.82, 2.24) is 15.3 Å². The number of nitrogens with one attached hydrogen (secondary N) is 1. The molecule has 0 saturated heterocycles. The van der Waals surface area contributed by atoms with Gasteiger partial charge in [-0.2, -0.15) is 0 Å². The van der Waals surface area contributed by atoms with Crippen molar-refractivity contribution in [2.24, 2.45) is 0 Å². The fourth-order valence-electron chi connectivity index (χ4n) is 2.14. The van der Waals surface area contributed by atoms with Crippen molar-refractivity contribution in [3.05, 3.63) is 41.9 Å². The van der Waals surface area contributed by atoms with Crippen molar-refractivity contribution in [3.8, 4) is 11.5 Å². The van der Waals surface area contributed by atoms with Crippen LogP contribution in [0.4, 0.5) is 5.82 Å². The molecule has 0 atom stereocenters. The highest BCUT2D eigenvalue weighted by molar-refractivity contribution is 5.93. The van der Waals surface area contributed by atoms with E-state index in [1.165, 1.54) is 12.4 Å². The third-order valence-corrected chi connectivity index (χ3v) is 3.44. The molecule has 9 nitrogen and oxygen atoms in total. The van der Waals surface area contributed by atoms with Crippen molar-refractivity contribution in [2.45, 2.75) is 6.42 Å². The number of hydrogen-bond donors (Lipinski definition) is 2. The van der Waals surface area contributed by atoms with Crippen molar-refractivity contribution in [3.63, 3.8) is 0 Å². The van der Waals surface area contributed by atoms with Crippen molar-refractivity contribution < 1.29 is 23.8 Å². The number of hydrogen-bond acceptors (Lipinski definition) is 8. The molecule has 0 aliphatic rings. The van der Waals surface area contributed by atoms with Gasteiger partial charge in [-0.25, -0.2) is 14.8 Å². The summed E-state index contributed by atoms with van der Waals surface area (Å²) in [6, 6.07) is 5.51. The third kappa shape index (κ3) is 5.07. The van der Waals surface area contributed by atoms with Gasteiger partial charge in [-0.3, -0.25) is 4.79 Å². The van der Waals surface area contributed by atoms with Gasteiger partial charge in [0.05, 0.1) is 14.2 Å². The maximum atomic E-state index is 11.8. The van der Waals surface area contributed by atoms with Crippen LogP contribution in [0.1, 0.15) is 16.1 Å². The molecule has 2 rings (SSSR count). The quantitative estimate of drug-likeness (QED) is 0.655. The molecule has 0 fully saturated rings. The zero-order valence-electron chi connectivity index (χ0n) is 14.5. The average Bonchev–Trinajstić information content (AvgIpc) is 2.66. The normalized spacial score (nSPS) is 10.1. The summed E-state index contributed by atoms with van der Waals surface area (Å²) in [7, 11) is 3.12. The van der Waals surface area contributed by atoms with Crippen LogP contribution in [0.25, 0.3) is 0 Å². The van der Waals surface area contributed by atoms with E-state index in [0.717, 1.165) is 5.56 Å². The number of nitrogens with zero attached hydrogens (tertiary/aromatic N) is 2. The number of esters is 1. The highest BCUT2D eigenvalue weighted by Crippen LogP contribution is 2.27. The number of amides is 1. The first kappa shape index (κ1) is 19.0. The molecule has 1 aromatic carbocycles. The number of rotatable bonds is 8. The summed E-state index contributed by atoms with van der Waals surface area (Å²) in [5.41, 5.74) is 6.37. The number of methoxy groups -OCH3 is 2. The molecule has 0 saturated carbocycles. The van der Waals surface area contributed by atoms with Gasteiger partial charge >= 0.3 is 5.97 Å². The first-order valence-corrected chi connectivity index (χ1v) is 7.76. The number of nitrogen functional groups attached to an aromatic ring is 1. The van der Waals surface area contributed by atoms with Gasteiger partial charge in [0, 0.05) is 18.9 Å². The molecule has 0 spiro atoms. The van der Waals surface area contributed by atoms with Crippen LogP contribution in [0.3, 0.4) is 0 Å². The second-order valence-electron chi connectivity index (χ2n) is 5.16. The van der Waals surface area contributed by atoms with Crippen LogP contribution in [0.2, 0.25) is 0 Å². The largest absolute Gasteiger partial charge is 0.493 e. The van der Waals surface area contributed by atoms with Crippen LogP contribution in [0, 0.1) is 0 Å². The van der Waals surface area contributed by atoms with E-state index in [0.29, 0.717) is 24.5 Å². The molecule has 1 amide bonds. The SMILES string of the molecule is COc1ccc(CCNC(=O)COC(=O)c2nccnc2N)cc1OC. The average molecular weight is 360 g/mol. The molecule has 1 aromatic heterocycles. The summed E-state index contributed by atoms with van der Waals surface area (Å²) < 4.78 is 15.3. The Morgan fingerprint density at radius 1 is 1.12 bits per heavy atom. The van der Waals surface area contributed by atoms with Gasteiger partial charge in [0.25, 0.3) is 5.91 Å². The van der Waals surface area contributed by atoms with Crippen molar-refractivity contribution in [2.75, 3.05) is 33.1 Å². The van der Waals surface area contributed by atoms with E-state index >= 15 is 0 Å². The second-order valence-corrected chi connectivity index (χ2v) is 5.16. The Bertz CT molecular complexity index is 781. The van der Waals surface area contributed by atoms with Gasteiger partial charge in [-0.1, -0.05) is 6.07 Å². The van der Waals surface area contributed by atoms with E-state index in [9.17, 15) is 9.59 Å². The molecular formula is C17H20N4O5. The monoisotopic (exact) mass is 360 g/mol. The van der Waals surface area contributed by atoms with Crippen molar-refractivity contribution in [1.29, 1.82) is 0 Å². The van der Waals surface area contributed by atoms with E-state index in [1.807, 2.05) is 12.1 Å². The smallest absolute Gasteiger partial charge is 0.361 e. The Balaban J connectivity index is 1.77. The van der Waals surface area contributed by atoms with Crippen LogP contribution < -0.4 is 20.5 Å². The number of aromatic nitrogens is 2. The van der Waals surface area contributed by atoms with E-state index in [-0.39, 0.29) is 11.5 Å². The van der Waals surface area contributed by atoms with E-state index in [1.54, 1.807) is 20.3 Å². The first-order valence-electron chi connectivity index (χ1n) is 7.76. The molecule has 1 heterocycles. The summed E-state index contributed by atoms with van der Waals surface area (Å²) in [5.74, 6) is -0.0272. The molecule has 3 N–H and O–H groups in total. The zero-order chi connectivity index (χ0) is 18.9. The zero-order valence-corrected chi connectivity index (χ0v) is 14.5. The Morgan fingerprint density at radius 3 is 2.54 bits per heavy atom. The molecule has 0 aliphatic carbocycles.